The molecule has 0 aliphatic heterocycles. The zero-order valence-corrected chi connectivity index (χ0v) is 21.5. The second-order valence-corrected chi connectivity index (χ2v) is 8.56. The van der Waals surface area contributed by atoms with Crippen LogP contribution in [-0.2, 0) is 0 Å². The Bertz CT molecular complexity index is 1250. The fraction of sp³-hybridized carbons (Fsp3) is 0.222. The predicted molar refractivity (Wildman–Crippen MR) is 143 cm³/mol. The lowest BCUT2D eigenvalue weighted by atomic mass is 9.95. The molecule has 33 heavy (non-hydrogen) atoms. The molecule has 0 bridgehead atoms. The molecular weight excluding hydrogens is 451 g/mol. The van der Waals surface area contributed by atoms with Crippen LogP contribution in [0.15, 0.2) is 66.4 Å². The van der Waals surface area contributed by atoms with Crippen molar-refractivity contribution < 1.29 is 0 Å². The molecule has 2 aromatic heterocycles. The van der Waals surface area contributed by atoms with E-state index in [1.54, 1.807) is 6.92 Å². The third-order valence-electron chi connectivity index (χ3n) is 4.86. The average Bonchev–Trinajstić information content (AvgIpc) is 3.14. The Kier molecular flexibility index (Phi) is 9.83. The van der Waals surface area contributed by atoms with Gasteiger partial charge in [0.1, 0.15) is 5.82 Å². The van der Waals surface area contributed by atoms with Crippen LogP contribution in [0.5, 0.6) is 0 Å². The number of benzene rings is 2. The van der Waals surface area contributed by atoms with Gasteiger partial charge >= 0.3 is 0 Å². The zero-order valence-electron chi connectivity index (χ0n) is 19.9. The standard InChI is InChI=1S/C20H15Cl2N3.C5H10.C2H5N/c1-12-3-8-16(19(22)9-12)18-11-25-13(2)23-24-20(25)10-17(18)14-4-6-15(21)7-5-14;1-4-5(2)3;1-2-3/h3-11H,1-2H3;4H,1-3H3;2-3H,1H3. The van der Waals surface area contributed by atoms with Crippen molar-refractivity contribution in [2.75, 3.05) is 0 Å². The molecule has 4 rings (SSSR count). The van der Waals surface area contributed by atoms with Gasteiger partial charge in [-0.1, -0.05) is 59.1 Å². The van der Waals surface area contributed by atoms with E-state index in [0.29, 0.717) is 5.02 Å². The van der Waals surface area contributed by atoms with E-state index in [2.05, 4.69) is 42.3 Å². The highest BCUT2D eigenvalue weighted by Crippen LogP contribution is 2.37. The number of nitrogens with zero attached hydrogens (tertiary/aromatic N) is 3. The zero-order chi connectivity index (χ0) is 24.5. The van der Waals surface area contributed by atoms with Gasteiger partial charge in [-0.05, 0) is 88.7 Å². The number of hydrogen-bond acceptors (Lipinski definition) is 3. The van der Waals surface area contributed by atoms with Crippen LogP contribution in [0.25, 0.3) is 27.9 Å². The quantitative estimate of drug-likeness (QED) is 0.230. The lowest BCUT2D eigenvalue weighted by molar-refractivity contribution is 1.01. The van der Waals surface area contributed by atoms with Gasteiger partial charge in [0, 0.05) is 27.4 Å². The van der Waals surface area contributed by atoms with Crippen LogP contribution >= 0.6 is 23.2 Å². The summed E-state index contributed by atoms with van der Waals surface area (Å²) in [7, 11) is 0. The molecule has 4 nitrogen and oxygen atoms in total. The number of halogens is 2. The molecule has 0 fully saturated rings. The van der Waals surface area contributed by atoms with Gasteiger partial charge in [-0.25, -0.2) is 0 Å². The van der Waals surface area contributed by atoms with Crippen LogP contribution in [0.3, 0.4) is 0 Å². The van der Waals surface area contributed by atoms with Crippen LogP contribution in [0.1, 0.15) is 39.1 Å². The van der Waals surface area contributed by atoms with E-state index >= 15 is 0 Å². The van der Waals surface area contributed by atoms with Crippen LogP contribution in [0.4, 0.5) is 0 Å². The summed E-state index contributed by atoms with van der Waals surface area (Å²) in [6.07, 6.45) is 5.38. The van der Waals surface area contributed by atoms with Gasteiger partial charge in [0.05, 0.1) is 0 Å². The van der Waals surface area contributed by atoms with Crippen LogP contribution < -0.4 is 0 Å². The Morgan fingerprint density at radius 1 is 0.879 bits per heavy atom. The molecule has 2 aromatic carbocycles. The fourth-order valence-electron chi connectivity index (χ4n) is 2.97. The van der Waals surface area contributed by atoms with Crippen LogP contribution in [0, 0.1) is 19.3 Å². The molecule has 172 valence electrons. The first kappa shape index (κ1) is 26.3. The third-order valence-corrected chi connectivity index (χ3v) is 5.43. The smallest absolute Gasteiger partial charge is 0.161 e. The Hall–Kier alpha value is -2.95. The van der Waals surface area contributed by atoms with E-state index in [-0.39, 0.29) is 0 Å². The van der Waals surface area contributed by atoms with Crippen LogP contribution in [0.2, 0.25) is 10.0 Å². The lowest BCUT2D eigenvalue weighted by Gasteiger charge is -2.13. The number of nitrogens with one attached hydrogen (secondary N) is 1. The van der Waals surface area contributed by atoms with Crippen molar-refractivity contribution in [1.29, 1.82) is 5.41 Å². The Morgan fingerprint density at radius 3 is 2.03 bits per heavy atom. The lowest BCUT2D eigenvalue weighted by Crippen LogP contribution is -1.94. The van der Waals surface area contributed by atoms with E-state index in [1.165, 1.54) is 11.8 Å². The molecule has 0 aliphatic carbocycles. The van der Waals surface area contributed by atoms with Gasteiger partial charge in [-0.2, -0.15) is 0 Å². The minimum Gasteiger partial charge on any atom is -0.313 e. The maximum atomic E-state index is 6.55. The second kappa shape index (κ2) is 12.3. The molecule has 0 aliphatic rings. The van der Waals surface area contributed by atoms with E-state index in [1.807, 2.05) is 67.8 Å². The first-order valence-electron chi connectivity index (χ1n) is 10.6. The van der Waals surface area contributed by atoms with Crippen molar-refractivity contribution in [3.05, 3.63) is 87.8 Å². The van der Waals surface area contributed by atoms with Gasteiger partial charge in [0.15, 0.2) is 5.65 Å². The van der Waals surface area contributed by atoms with Gasteiger partial charge in [-0.15, -0.1) is 10.2 Å². The molecule has 0 saturated carbocycles. The summed E-state index contributed by atoms with van der Waals surface area (Å²) in [4.78, 5) is 0. The van der Waals surface area contributed by atoms with Gasteiger partial charge in [0.25, 0.3) is 0 Å². The first-order valence-corrected chi connectivity index (χ1v) is 11.4. The number of fused-ring (bicyclic) bond motifs is 1. The largest absolute Gasteiger partial charge is 0.313 e. The molecule has 0 radical (unpaired) electrons. The molecule has 2 heterocycles. The third kappa shape index (κ3) is 7.01. The molecule has 0 atom stereocenters. The molecule has 0 amide bonds. The highest BCUT2D eigenvalue weighted by molar-refractivity contribution is 6.33. The SMILES string of the molecule is CC=C(C)C.CC=N.Cc1ccc(-c2cn3c(C)nnc3cc2-c2ccc(Cl)cc2)c(Cl)c1. The topological polar surface area (TPSA) is 54.0 Å². The Labute approximate surface area is 206 Å². The predicted octanol–water partition coefficient (Wildman–Crippen LogP) is 8.62. The van der Waals surface area contributed by atoms with E-state index in [4.69, 9.17) is 28.6 Å². The molecule has 6 heteroatoms. The van der Waals surface area contributed by atoms with Crippen molar-refractivity contribution >= 4 is 35.1 Å². The Morgan fingerprint density at radius 2 is 1.48 bits per heavy atom. The molecule has 4 aromatic rings. The number of rotatable bonds is 2. The van der Waals surface area contributed by atoms with E-state index < -0.39 is 0 Å². The maximum Gasteiger partial charge on any atom is 0.161 e. The van der Waals surface area contributed by atoms with Crippen molar-refractivity contribution in [3.63, 3.8) is 0 Å². The molecule has 0 saturated heterocycles. The molecule has 0 unspecified atom stereocenters. The summed E-state index contributed by atoms with van der Waals surface area (Å²) in [5.41, 5.74) is 7.42. The van der Waals surface area contributed by atoms with Crippen molar-refractivity contribution in [3.8, 4) is 22.3 Å². The summed E-state index contributed by atoms with van der Waals surface area (Å²) in [6, 6.07) is 15.9. The summed E-state index contributed by atoms with van der Waals surface area (Å²) < 4.78 is 1.98. The molecular formula is C27H30Cl2N4. The van der Waals surface area contributed by atoms with Gasteiger partial charge in [0.2, 0.25) is 0 Å². The summed E-state index contributed by atoms with van der Waals surface area (Å²) >= 11 is 12.6. The van der Waals surface area contributed by atoms with Gasteiger partial charge in [-0.3, -0.25) is 4.40 Å². The normalized spacial score (nSPS) is 9.94. The highest BCUT2D eigenvalue weighted by Gasteiger charge is 2.14. The summed E-state index contributed by atoms with van der Waals surface area (Å²) in [6.45, 7) is 11.8. The summed E-state index contributed by atoms with van der Waals surface area (Å²) in [5.74, 6) is 0.835. The first-order chi connectivity index (χ1) is 15.7. The maximum absolute atomic E-state index is 6.55. The minimum atomic E-state index is 0.707. The monoisotopic (exact) mass is 480 g/mol. The number of hydrogen-bond donors (Lipinski definition) is 1. The van der Waals surface area contributed by atoms with Crippen LogP contribution in [-0.4, -0.2) is 20.8 Å². The molecule has 1 N–H and O–H groups in total. The fourth-order valence-corrected chi connectivity index (χ4v) is 3.43. The van der Waals surface area contributed by atoms with E-state index in [0.717, 1.165) is 44.3 Å². The van der Waals surface area contributed by atoms with Crippen molar-refractivity contribution in [2.45, 2.75) is 41.5 Å². The number of allylic oxidation sites excluding steroid dienone is 2. The second-order valence-electron chi connectivity index (χ2n) is 7.72. The Balaban J connectivity index is 0.000000420. The molecule has 0 spiro atoms. The minimum absolute atomic E-state index is 0.707. The van der Waals surface area contributed by atoms with Crippen molar-refractivity contribution in [2.24, 2.45) is 0 Å². The summed E-state index contributed by atoms with van der Waals surface area (Å²) in [5, 5.41) is 15.9. The number of aromatic nitrogens is 3. The number of aryl methyl sites for hydroxylation is 2. The average molecular weight is 481 g/mol. The van der Waals surface area contributed by atoms with E-state index in [9.17, 15) is 0 Å². The number of pyridine rings is 1. The van der Waals surface area contributed by atoms with Crippen molar-refractivity contribution in [1.82, 2.24) is 14.6 Å². The highest BCUT2D eigenvalue weighted by atomic mass is 35.5. The van der Waals surface area contributed by atoms with Gasteiger partial charge < -0.3 is 5.41 Å².